The minimum atomic E-state index is -3.07. The van der Waals surface area contributed by atoms with Crippen LogP contribution in [0.4, 0.5) is 0 Å². The van der Waals surface area contributed by atoms with Crippen molar-refractivity contribution in [2.24, 2.45) is 5.92 Å². The van der Waals surface area contributed by atoms with Crippen molar-refractivity contribution in [3.05, 3.63) is 0 Å². The van der Waals surface area contributed by atoms with Crippen molar-refractivity contribution in [2.45, 2.75) is 33.1 Å². The van der Waals surface area contributed by atoms with Crippen LogP contribution in [0.3, 0.4) is 0 Å². The minimum Gasteiger partial charge on any atom is -0.317 e. The first-order chi connectivity index (χ1) is 8.52. The number of sulfonamides is 1. The van der Waals surface area contributed by atoms with E-state index in [0.717, 1.165) is 38.1 Å². The number of unbranched alkanes of at least 4 members (excludes halogenated alkanes) is 1. The van der Waals surface area contributed by atoms with Crippen LogP contribution in [0.25, 0.3) is 0 Å². The summed E-state index contributed by atoms with van der Waals surface area (Å²) < 4.78 is 26.1. The van der Waals surface area contributed by atoms with Crippen molar-refractivity contribution in [2.75, 3.05) is 37.4 Å². The smallest absolute Gasteiger partial charge is 0.211 e. The Morgan fingerprint density at radius 1 is 1.22 bits per heavy atom. The van der Waals surface area contributed by atoms with Gasteiger partial charge in [0.15, 0.2) is 0 Å². The van der Waals surface area contributed by atoms with Crippen LogP contribution in [-0.4, -0.2) is 45.8 Å². The summed E-state index contributed by atoms with van der Waals surface area (Å²) in [5.74, 6) is 1.62. The molecule has 0 saturated heterocycles. The predicted octanol–water partition coefficient (Wildman–Crippen LogP) is 1.68. The Labute approximate surface area is 117 Å². The first-order valence-electron chi connectivity index (χ1n) is 6.68. The van der Waals surface area contributed by atoms with Gasteiger partial charge in [-0.25, -0.2) is 13.1 Å². The molecule has 0 bridgehead atoms. The molecule has 0 fully saturated rings. The maximum atomic E-state index is 11.7. The molecular formula is C12H28N2O2S2. The molecule has 0 aliphatic heterocycles. The van der Waals surface area contributed by atoms with Gasteiger partial charge in [-0.05, 0) is 50.3 Å². The molecule has 18 heavy (non-hydrogen) atoms. The fraction of sp³-hybridized carbons (Fsp3) is 1.00. The van der Waals surface area contributed by atoms with Gasteiger partial charge in [0.25, 0.3) is 0 Å². The van der Waals surface area contributed by atoms with Crippen molar-refractivity contribution in [1.82, 2.24) is 10.0 Å². The topological polar surface area (TPSA) is 58.2 Å². The second kappa shape index (κ2) is 11.1. The van der Waals surface area contributed by atoms with Gasteiger partial charge in [0.05, 0.1) is 5.75 Å². The molecule has 2 N–H and O–H groups in total. The zero-order valence-corrected chi connectivity index (χ0v) is 13.5. The lowest BCUT2D eigenvalue weighted by atomic mass is 10.2. The van der Waals surface area contributed by atoms with E-state index in [0.29, 0.717) is 12.5 Å². The highest BCUT2D eigenvalue weighted by molar-refractivity contribution is 7.98. The van der Waals surface area contributed by atoms with Gasteiger partial charge in [0.2, 0.25) is 10.0 Å². The Kier molecular flexibility index (Phi) is 11.2. The number of hydrogen-bond acceptors (Lipinski definition) is 4. The van der Waals surface area contributed by atoms with Gasteiger partial charge >= 0.3 is 0 Å². The number of thioether (sulfide) groups is 1. The summed E-state index contributed by atoms with van der Waals surface area (Å²) in [5, 5.41) is 3.27. The normalized spacial score (nSPS) is 13.7. The predicted molar refractivity (Wildman–Crippen MR) is 81.7 cm³/mol. The summed E-state index contributed by atoms with van der Waals surface area (Å²) in [6.07, 6.45) is 4.80. The molecule has 0 aliphatic carbocycles. The maximum absolute atomic E-state index is 11.7. The fourth-order valence-corrected chi connectivity index (χ4v) is 3.48. The van der Waals surface area contributed by atoms with Crippen LogP contribution in [-0.2, 0) is 10.0 Å². The fourth-order valence-electron chi connectivity index (χ4n) is 1.53. The molecule has 0 aliphatic rings. The lowest BCUT2D eigenvalue weighted by Crippen LogP contribution is -2.31. The van der Waals surface area contributed by atoms with Crippen LogP contribution in [0.2, 0.25) is 0 Å². The quantitative estimate of drug-likeness (QED) is 0.538. The summed E-state index contributed by atoms with van der Waals surface area (Å²) in [7, 11) is -3.07. The van der Waals surface area contributed by atoms with Crippen molar-refractivity contribution < 1.29 is 8.42 Å². The third-order valence-corrected chi connectivity index (χ3v) is 4.88. The number of rotatable bonds is 12. The lowest BCUT2D eigenvalue weighted by Gasteiger charge is -2.11. The highest BCUT2D eigenvalue weighted by Crippen LogP contribution is 2.03. The summed E-state index contributed by atoms with van der Waals surface area (Å²) >= 11 is 1.75. The summed E-state index contributed by atoms with van der Waals surface area (Å²) in [6, 6.07) is 0. The molecule has 0 rings (SSSR count). The van der Waals surface area contributed by atoms with Crippen LogP contribution in [0, 0.1) is 5.92 Å². The summed E-state index contributed by atoms with van der Waals surface area (Å²) in [6.45, 7) is 6.66. The molecule has 0 aromatic heterocycles. The van der Waals surface area contributed by atoms with E-state index in [1.54, 1.807) is 11.8 Å². The number of nitrogens with one attached hydrogen (secondary N) is 2. The molecule has 4 nitrogen and oxygen atoms in total. The minimum absolute atomic E-state index is 0.243. The largest absolute Gasteiger partial charge is 0.317 e. The zero-order chi connectivity index (χ0) is 13.9. The zero-order valence-electron chi connectivity index (χ0n) is 11.9. The second-order valence-corrected chi connectivity index (χ2v) is 7.52. The van der Waals surface area contributed by atoms with Crippen molar-refractivity contribution >= 4 is 21.8 Å². The van der Waals surface area contributed by atoms with E-state index in [-0.39, 0.29) is 5.75 Å². The molecule has 0 aromatic rings. The molecule has 1 unspecified atom stereocenters. The Hall–Kier alpha value is 0.220. The third kappa shape index (κ3) is 11.3. The molecule has 0 heterocycles. The highest BCUT2D eigenvalue weighted by atomic mass is 32.2. The maximum Gasteiger partial charge on any atom is 0.211 e. The Bertz CT molecular complexity index is 282. The van der Waals surface area contributed by atoms with E-state index in [2.05, 4.69) is 23.9 Å². The van der Waals surface area contributed by atoms with E-state index in [4.69, 9.17) is 0 Å². The van der Waals surface area contributed by atoms with Crippen molar-refractivity contribution in [1.29, 1.82) is 0 Å². The molecule has 0 amide bonds. The molecule has 1 atom stereocenters. The van der Waals surface area contributed by atoms with Gasteiger partial charge in [-0.3, -0.25) is 0 Å². The van der Waals surface area contributed by atoms with E-state index < -0.39 is 10.0 Å². The standard InChI is InChI=1S/C12H28N2O2S2/c1-4-7-13-8-5-6-9-18(15,16)14-10-12(2)11-17-3/h12-14H,4-11H2,1-3H3. The van der Waals surface area contributed by atoms with Gasteiger partial charge in [-0.2, -0.15) is 11.8 Å². The van der Waals surface area contributed by atoms with Crippen LogP contribution in [0.5, 0.6) is 0 Å². The Morgan fingerprint density at radius 2 is 1.94 bits per heavy atom. The van der Waals surface area contributed by atoms with Gasteiger partial charge in [0, 0.05) is 6.54 Å². The Morgan fingerprint density at radius 3 is 2.56 bits per heavy atom. The molecule has 0 spiro atoms. The molecule has 0 radical (unpaired) electrons. The van der Waals surface area contributed by atoms with Gasteiger partial charge < -0.3 is 5.32 Å². The van der Waals surface area contributed by atoms with Crippen molar-refractivity contribution in [3.8, 4) is 0 Å². The van der Waals surface area contributed by atoms with Gasteiger partial charge in [-0.15, -0.1) is 0 Å². The van der Waals surface area contributed by atoms with Gasteiger partial charge in [0.1, 0.15) is 0 Å². The first-order valence-corrected chi connectivity index (χ1v) is 9.73. The van der Waals surface area contributed by atoms with Crippen LogP contribution in [0.15, 0.2) is 0 Å². The van der Waals surface area contributed by atoms with Crippen molar-refractivity contribution in [3.63, 3.8) is 0 Å². The first kappa shape index (κ1) is 18.2. The SMILES string of the molecule is CCCNCCCCS(=O)(=O)NCC(C)CSC. The van der Waals surface area contributed by atoms with E-state index in [9.17, 15) is 8.42 Å². The molecular weight excluding hydrogens is 268 g/mol. The van der Waals surface area contributed by atoms with Crippen LogP contribution >= 0.6 is 11.8 Å². The van der Waals surface area contributed by atoms with Crippen LogP contribution in [0.1, 0.15) is 33.1 Å². The lowest BCUT2D eigenvalue weighted by molar-refractivity contribution is 0.556. The monoisotopic (exact) mass is 296 g/mol. The molecule has 0 aromatic carbocycles. The molecule has 110 valence electrons. The average molecular weight is 297 g/mol. The van der Waals surface area contributed by atoms with E-state index in [1.165, 1.54) is 0 Å². The third-order valence-electron chi connectivity index (χ3n) is 2.55. The summed E-state index contributed by atoms with van der Waals surface area (Å²) in [4.78, 5) is 0. The van der Waals surface area contributed by atoms with E-state index in [1.807, 2.05) is 6.26 Å². The number of hydrogen-bond donors (Lipinski definition) is 2. The Balaban J connectivity index is 3.61. The van der Waals surface area contributed by atoms with E-state index >= 15 is 0 Å². The van der Waals surface area contributed by atoms with Gasteiger partial charge in [-0.1, -0.05) is 13.8 Å². The van der Waals surface area contributed by atoms with Crippen LogP contribution < -0.4 is 10.0 Å². The second-order valence-electron chi connectivity index (χ2n) is 4.68. The highest BCUT2D eigenvalue weighted by Gasteiger charge is 2.11. The average Bonchev–Trinajstić information content (AvgIpc) is 2.32. The summed E-state index contributed by atoms with van der Waals surface area (Å²) in [5.41, 5.74) is 0. The molecule has 6 heteroatoms. The molecule has 0 saturated carbocycles.